The van der Waals surface area contributed by atoms with Crippen LogP contribution in [0.1, 0.15) is 47.1 Å². The van der Waals surface area contributed by atoms with Gasteiger partial charge in [0, 0.05) is 17.8 Å². The number of carbonyl (C=O) groups excluding carboxylic acids is 2. The number of halogens is 3. The standard InChI is InChI=1S/C28H30F3N5O3/c1-17(34(2)3)25(37)32-27(14-15-27)18-5-7-19(8-6-18)35-16-13-22-23(26(35)38)36(33-24(22)28(29,30)31)20-9-11-21(39-4)12-10-20/h5-12,17H,13-16H2,1-4H3,(H,32,37). The van der Waals surface area contributed by atoms with Gasteiger partial charge in [-0.3, -0.25) is 14.5 Å². The summed E-state index contributed by atoms with van der Waals surface area (Å²) in [4.78, 5) is 29.6. The molecule has 0 bridgehead atoms. The highest BCUT2D eigenvalue weighted by Crippen LogP contribution is 2.46. The molecule has 3 aromatic rings. The number of amides is 2. The topological polar surface area (TPSA) is 79.7 Å². The molecule has 2 amide bonds. The molecule has 2 aromatic carbocycles. The highest BCUT2D eigenvalue weighted by Gasteiger charge is 2.47. The van der Waals surface area contributed by atoms with Crippen LogP contribution in [0.5, 0.6) is 5.75 Å². The lowest BCUT2D eigenvalue weighted by atomic mass is 10.0. The van der Waals surface area contributed by atoms with Gasteiger partial charge in [0.15, 0.2) is 5.69 Å². The van der Waals surface area contributed by atoms with Crippen LogP contribution in [0.4, 0.5) is 18.9 Å². The Morgan fingerprint density at radius 1 is 1.08 bits per heavy atom. The molecular weight excluding hydrogens is 511 g/mol. The van der Waals surface area contributed by atoms with E-state index in [1.807, 2.05) is 38.1 Å². The molecule has 2 aliphatic rings. The molecule has 11 heteroatoms. The molecular formula is C28H30F3N5O3. The van der Waals surface area contributed by atoms with Crippen LogP contribution in [0.2, 0.25) is 0 Å². The van der Waals surface area contributed by atoms with Gasteiger partial charge in [0.25, 0.3) is 5.91 Å². The van der Waals surface area contributed by atoms with Gasteiger partial charge in [0.2, 0.25) is 5.91 Å². The Morgan fingerprint density at radius 2 is 1.69 bits per heavy atom. The number of carbonyl (C=O) groups is 2. The molecule has 0 radical (unpaired) electrons. The normalized spacial score (nSPS) is 17.1. The zero-order valence-corrected chi connectivity index (χ0v) is 22.2. The van der Waals surface area contributed by atoms with Gasteiger partial charge in [0.1, 0.15) is 11.4 Å². The minimum absolute atomic E-state index is 0.0102. The Balaban J connectivity index is 1.44. The number of hydrogen-bond donors (Lipinski definition) is 1. The number of fused-ring (bicyclic) bond motifs is 1. The summed E-state index contributed by atoms with van der Waals surface area (Å²) in [5.41, 5.74) is 0.124. The van der Waals surface area contributed by atoms with Crippen molar-refractivity contribution < 1.29 is 27.5 Å². The highest BCUT2D eigenvalue weighted by molar-refractivity contribution is 6.07. The molecule has 1 aliphatic heterocycles. The van der Waals surface area contributed by atoms with E-state index in [4.69, 9.17) is 4.74 Å². The average molecular weight is 542 g/mol. The molecule has 5 rings (SSSR count). The number of alkyl halides is 3. The van der Waals surface area contributed by atoms with E-state index < -0.39 is 23.3 Å². The largest absolute Gasteiger partial charge is 0.497 e. The van der Waals surface area contributed by atoms with Crippen LogP contribution >= 0.6 is 0 Å². The Bertz CT molecular complexity index is 1390. The maximum absolute atomic E-state index is 13.9. The number of nitrogens with zero attached hydrogens (tertiary/aromatic N) is 4. The van der Waals surface area contributed by atoms with Crippen molar-refractivity contribution in [2.75, 3.05) is 32.6 Å². The number of aromatic nitrogens is 2. The second-order valence-corrected chi connectivity index (χ2v) is 10.2. The number of hydrogen-bond acceptors (Lipinski definition) is 5. The molecule has 1 aromatic heterocycles. The molecule has 1 unspecified atom stereocenters. The van der Waals surface area contributed by atoms with E-state index >= 15 is 0 Å². The molecule has 206 valence electrons. The van der Waals surface area contributed by atoms with Crippen LogP contribution < -0.4 is 15.0 Å². The van der Waals surface area contributed by atoms with Crippen molar-refractivity contribution in [3.63, 3.8) is 0 Å². The van der Waals surface area contributed by atoms with Crippen LogP contribution in [-0.4, -0.2) is 60.3 Å². The fourth-order valence-electron chi connectivity index (χ4n) is 4.89. The second kappa shape index (κ2) is 9.71. The number of methoxy groups -OCH3 is 1. The SMILES string of the molecule is COc1ccc(-n2nc(C(F)(F)F)c3c2C(=O)N(c2ccc(C4(NC(=O)C(C)N(C)C)CC4)cc2)CC3)cc1. The maximum atomic E-state index is 13.9. The Labute approximate surface area is 224 Å². The minimum Gasteiger partial charge on any atom is -0.497 e. The highest BCUT2D eigenvalue weighted by atomic mass is 19.4. The van der Waals surface area contributed by atoms with Crippen molar-refractivity contribution in [2.45, 2.75) is 43.9 Å². The first-order valence-electron chi connectivity index (χ1n) is 12.7. The van der Waals surface area contributed by atoms with Crippen molar-refractivity contribution >= 4 is 17.5 Å². The molecule has 1 saturated carbocycles. The first-order chi connectivity index (χ1) is 18.4. The van der Waals surface area contributed by atoms with Crippen LogP contribution in [0.15, 0.2) is 48.5 Å². The third kappa shape index (κ3) is 4.87. The zero-order chi connectivity index (χ0) is 28.1. The lowest BCUT2D eigenvalue weighted by molar-refractivity contribution is -0.142. The lowest BCUT2D eigenvalue weighted by Crippen LogP contribution is -2.45. The van der Waals surface area contributed by atoms with Crippen LogP contribution in [-0.2, 0) is 22.9 Å². The van der Waals surface area contributed by atoms with Gasteiger partial charge in [-0.05, 0) is 82.2 Å². The summed E-state index contributed by atoms with van der Waals surface area (Å²) in [6.07, 6.45) is -3.06. The van der Waals surface area contributed by atoms with Gasteiger partial charge >= 0.3 is 6.18 Å². The van der Waals surface area contributed by atoms with E-state index in [2.05, 4.69) is 10.4 Å². The van der Waals surface area contributed by atoms with Crippen molar-refractivity contribution in [2.24, 2.45) is 0 Å². The van der Waals surface area contributed by atoms with E-state index in [1.54, 1.807) is 36.4 Å². The van der Waals surface area contributed by atoms with Crippen LogP contribution in [0.3, 0.4) is 0 Å². The molecule has 1 N–H and O–H groups in total. The smallest absolute Gasteiger partial charge is 0.435 e. The molecule has 1 atom stereocenters. The van der Waals surface area contributed by atoms with E-state index in [0.29, 0.717) is 17.1 Å². The van der Waals surface area contributed by atoms with Gasteiger partial charge in [-0.2, -0.15) is 18.3 Å². The zero-order valence-electron chi connectivity index (χ0n) is 22.2. The molecule has 1 fully saturated rings. The van der Waals surface area contributed by atoms with E-state index in [9.17, 15) is 22.8 Å². The fourth-order valence-corrected chi connectivity index (χ4v) is 4.89. The summed E-state index contributed by atoms with van der Waals surface area (Å²) in [7, 11) is 5.18. The molecule has 0 spiro atoms. The summed E-state index contributed by atoms with van der Waals surface area (Å²) in [6, 6.07) is 13.3. The number of anilines is 1. The summed E-state index contributed by atoms with van der Waals surface area (Å²) < 4.78 is 47.8. The predicted molar refractivity (Wildman–Crippen MR) is 139 cm³/mol. The van der Waals surface area contributed by atoms with Gasteiger partial charge in [-0.15, -0.1) is 0 Å². The molecule has 1 aliphatic carbocycles. The van der Waals surface area contributed by atoms with Crippen molar-refractivity contribution in [1.82, 2.24) is 20.0 Å². The first-order valence-corrected chi connectivity index (χ1v) is 12.7. The van der Waals surface area contributed by atoms with Crippen molar-refractivity contribution in [3.8, 4) is 11.4 Å². The van der Waals surface area contributed by atoms with Gasteiger partial charge in [-0.1, -0.05) is 12.1 Å². The average Bonchev–Trinajstić information content (AvgIpc) is 3.57. The number of rotatable bonds is 7. The Kier molecular flexibility index (Phi) is 6.66. The number of benzene rings is 2. The van der Waals surface area contributed by atoms with E-state index in [1.165, 1.54) is 12.0 Å². The van der Waals surface area contributed by atoms with E-state index in [0.717, 1.165) is 23.1 Å². The van der Waals surface area contributed by atoms with Crippen molar-refractivity contribution in [1.29, 1.82) is 0 Å². The summed E-state index contributed by atoms with van der Waals surface area (Å²) in [5, 5.41) is 6.98. The third-order valence-corrected chi connectivity index (χ3v) is 7.60. The molecule has 0 saturated heterocycles. The lowest BCUT2D eigenvalue weighted by Gasteiger charge is -2.29. The van der Waals surface area contributed by atoms with Gasteiger partial charge in [0.05, 0.1) is 24.4 Å². The summed E-state index contributed by atoms with van der Waals surface area (Å²) in [5.74, 6) is -0.0886. The second-order valence-electron chi connectivity index (χ2n) is 10.2. The Morgan fingerprint density at radius 3 is 2.23 bits per heavy atom. The van der Waals surface area contributed by atoms with Crippen LogP contribution in [0.25, 0.3) is 5.69 Å². The summed E-state index contributed by atoms with van der Waals surface area (Å²) in [6.45, 7) is 1.93. The minimum atomic E-state index is -4.70. The van der Waals surface area contributed by atoms with E-state index in [-0.39, 0.29) is 36.2 Å². The molecule has 2 heterocycles. The van der Waals surface area contributed by atoms with Gasteiger partial charge < -0.3 is 15.0 Å². The first kappa shape index (κ1) is 26.7. The number of nitrogens with one attached hydrogen (secondary N) is 1. The number of ether oxygens (including phenoxy) is 1. The summed E-state index contributed by atoms with van der Waals surface area (Å²) >= 11 is 0. The van der Waals surface area contributed by atoms with Gasteiger partial charge in [-0.25, -0.2) is 4.68 Å². The molecule has 39 heavy (non-hydrogen) atoms. The Hall–Kier alpha value is -3.86. The number of likely N-dealkylation sites (N-methyl/N-ethyl adjacent to an activating group) is 1. The monoisotopic (exact) mass is 541 g/mol. The maximum Gasteiger partial charge on any atom is 0.435 e. The quantitative estimate of drug-likeness (QED) is 0.486. The van der Waals surface area contributed by atoms with Crippen molar-refractivity contribution in [3.05, 3.63) is 71.0 Å². The van der Waals surface area contributed by atoms with Crippen LogP contribution in [0, 0.1) is 0 Å². The molecule has 8 nitrogen and oxygen atoms in total. The fraction of sp³-hybridized carbons (Fsp3) is 0.393. The predicted octanol–water partition coefficient (Wildman–Crippen LogP) is 4.16. The third-order valence-electron chi connectivity index (χ3n) is 7.60.